The third-order valence-corrected chi connectivity index (χ3v) is 3.45. The van der Waals surface area contributed by atoms with Crippen LogP contribution in [0.3, 0.4) is 0 Å². The summed E-state index contributed by atoms with van der Waals surface area (Å²) in [4.78, 5) is 2.49. The first-order valence-electron chi connectivity index (χ1n) is 6.78. The predicted octanol–water partition coefficient (Wildman–Crippen LogP) is 1.98. The summed E-state index contributed by atoms with van der Waals surface area (Å²) in [6, 6.07) is 0. The Hall–Kier alpha value is -0.120. The van der Waals surface area contributed by atoms with Crippen LogP contribution in [-0.2, 0) is 4.74 Å². The van der Waals surface area contributed by atoms with Gasteiger partial charge in [0, 0.05) is 32.8 Å². The first-order chi connectivity index (χ1) is 7.87. The Morgan fingerprint density at radius 1 is 1.24 bits per heavy atom. The van der Waals surface area contributed by atoms with Crippen LogP contribution in [0.2, 0.25) is 0 Å². The van der Waals surface area contributed by atoms with E-state index in [9.17, 15) is 0 Å². The smallest absolute Gasteiger partial charge is 0.0472 e. The van der Waals surface area contributed by atoms with Crippen LogP contribution in [-0.4, -0.2) is 51.8 Å². The Kier molecular flexibility index (Phi) is 5.42. The largest absolute Gasteiger partial charge is 0.381 e. The molecule has 1 aliphatic rings. The summed E-state index contributed by atoms with van der Waals surface area (Å²) in [7, 11) is 4.30. The number of ether oxygens (including phenoxy) is 1. The van der Waals surface area contributed by atoms with Crippen LogP contribution in [0.1, 0.15) is 33.6 Å². The molecule has 0 unspecified atom stereocenters. The molecule has 1 fully saturated rings. The molecule has 102 valence electrons. The first kappa shape index (κ1) is 14.9. The van der Waals surface area contributed by atoms with Crippen LogP contribution in [0.4, 0.5) is 0 Å². The monoisotopic (exact) mass is 242 g/mol. The molecular weight excluding hydrogens is 212 g/mol. The molecule has 0 radical (unpaired) electrons. The maximum absolute atomic E-state index is 5.51. The number of nitrogens with one attached hydrogen (secondary N) is 1. The number of rotatable bonds is 5. The van der Waals surface area contributed by atoms with E-state index in [1.165, 1.54) is 19.4 Å². The van der Waals surface area contributed by atoms with Crippen molar-refractivity contribution >= 4 is 0 Å². The fourth-order valence-electron chi connectivity index (χ4n) is 3.01. The topological polar surface area (TPSA) is 24.5 Å². The number of nitrogens with zero attached hydrogens (tertiary/aromatic N) is 1. The van der Waals surface area contributed by atoms with Crippen molar-refractivity contribution in [2.75, 3.05) is 46.9 Å². The van der Waals surface area contributed by atoms with E-state index < -0.39 is 0 Å². The molecule has 0 aromatic carbocycles. The summed E-state index contributed by atoms with van der Waals surface area (Å²) >= 11 is 0. The van der Waals surface area contributed by atoms with Crippen LogP contribution >= 0.6 is 0 Å². The summed E-state index contributed by atoms with van der Waals surface area (Å²) in [5, 5.41) is 3.36. The lowest BCUT2D eigenvalue weighted by molar-refractivity contribution is -0.00341. The van der Waals surface area contributed by atoms with E-state index in [0.717, 1.165) is 26.3 Å². The third kappa shape index (κ3) is 5.36. The van der Waals surface area contributed by atoms with Gasteiger partial charge in [-0.15, -0.1) is 0 Å². The van der Waals surface area contributed by atoms with Crippen molar-refractivity contribution in [1.29, 1.82) is 0 Å². The minimum Gasteiger partial charge on any atom is -0.381 e. The van der Waals surface area contributed by atoms with Crippen molar-refractivity contribution < 1.29 is 4.74 Å². The summed E-state index contributed by atoms with van der Waals surface area (Å²) < 4.78 is 5.51. The average Bonchev–Trinajstić information content (AvgIpc) is 2.15. The van der Waals surface area contributed by atoms with Gasteiger partial charge in [0.1, 0.15) is 0 Å². The molecule has 0 amide bonds. The minimum atomic E-state index is 0.376. The Bertz CT molecular complexity index is 211. The van der Waals surface area contributed by atoms with Crippen LogP contribution in [0, 0.1) is 10.8 Å². The Balaban J connectivity index is 2.53. The summed E-state index contributed by atoms with van der Waals surface area (Å²) in [6.07, 6.45) is 2.37. The number of hydrogen-bond acceptors (Lipinski definition) is 3. The fourth-order valence-corrected chi connectivity index (χ4v) is 3.01. The lowest BCUT2D eigenvalue weighted by Crippen LogP contribution is -2.47. The second-order valence-electron chi connectivity index (χ2n) is 6.88. The molecule has 1 saturated heterocycles. The maximum atomic E-state index is 5.51. The van der Waals surface area contributed by atoms with Crippen molar-refractivity contribution in [2.24, 2.45) is 10.8 Å². The molecule has 0 aliphatic carbocycles. The summed E-state index contributed by atoms with van der Waals surface area (Å²) in [6.45, 7) is 12.2. The standard InChI is InChI=1S/C14H30N2O/c1-13(2,3)11-16(5)12-14(10-15-4)6-8-17-9-7-14/h15H,6-12H2,1-5H3. The van der Waals surface area contributed by atoms with Gasteiger partial charge in [-0.05, 0) is 37.8 Å². The fraction of sp³-hybridized carbons (Fsp3) is 1.00. The molecule has 3 heteroatoms. The van der Waals surface area contributed by atoms with Gasteiger partial charge in [0.2, 0.25) is 0 Å². The van der Waals surface area contributed by atoms with Crippen LogP contribution in [0.25, 0.3) is 0 Å². The van der Waals surface area contributed by atoms with Gasteiger partial charge in [0.15, 0.2) is 0 Å². The summed E-state index contributed by atoms with van der Waals surface area (Å²) in [5.74, 6) is 0. The molecule has 0 spiro atoms. The van der Waals surface area contributed by atoms with Gasteiger partial charge >= 0.3 is 0 Å². The van der Waals surface area contributed by atoms with Crippen LogP contribution in [0.15, 0.2) is 0 Å². The zero-order valence-corrected chi connectivity index (χ0v) is 12.3. The molecule has 1 aliphatic heterocycles. The first-order valence-corrected chi connectivity index (χ1v) is 6.78. The lowest BCUT2D eigenvalue weighted by atomic mass is 9.79. The molecule has 1 N–H and O–H groups in total. The maximum Gasteiger partial charge on any atom is 0.0472 e. The van der Waals surface area contributed by atoms with Gasteiger partial charge < -0.3 is 15.0 Å². The summed E-state index contributed by atoms with van der Waals surface area (Å²) in [5.41, 5.74) is 0.785. The molecular formula is C14H30N2O. The van der Waals surface area contributed by atoms with E-state index in [2.05, 4.69) is 45.1 Å². The highest BCUT2D eigenvalue weighted by molar-refractivity contribution is 4.87. The van der Waals surface area contributed by atoms with E-state index in [1.807, 2.05) is 0 Å². The lowest BCUT2D eigenvalue weighted by Gasteiger charge is -2.41. The van der Waals surface area contributed by atoms with Gasteiger partial charge in [0.05, 0.1) is 0 Å². The predicted molar refractivity (Wildman–Crippen MR) is 73.4 cm³/mol. The van der Waals surface area contributed by atoms with Gasteiger partial charge in [-0.2, -0.15) is 0 Å². The highest BCUT2D eigenvalue weighted by Crippen LogP contribution is 2.31. The minimum absolute atomic E-state index is 0.376. The molecule has 0 bridgehead atoms. The molecule has 1 heterocycles. The van der Waals surface area contributed by atoms with Crippen molar-refractivity contribution in [3.05, 3.63) is 0 Å². The Morgan fingerprint density at radius 3 is 2.29 bits per heavy atom. The van der Waals surface area contributed by atoms with E-state index in [-0.39, 0.29) is 0 Å². The van der Waals surface area contributed by atoms with Crippen molar-refractivity contribution in [3.63, 3.8) is 0 Å². The highest BCUT2D eigenvalue weighted by atomic mass is 16.5. The molecule has 0 saturated carbocycles. The SMILES string of the molecule is CNCC1(CN(C)CC(C)(C)C)CCOCC1. The molecule has 3 nitrogen and oxygen atoms in total. The zero-order chi connectivity index (χ0) is 12.9. The van der Waals surface area contributed by atoms with Gasteiger partial charge in [-0.3, -0.25) is 0 Å². The van der Waals surface area contributed by atoms with E-state index in [0.29, 0.717) is 10.8 Å². The van der Waals surface area contributed by atoms with Gasteiger partial charge in [0.25, 0.3) is 0 Å². The van der Waals surface area contributed by atoms with Crippen LogP contribution < -0.4 is 5.32 Å². The normalized spacial score (nSPS) is 20.8. The van der Waals surface area contributed by atoms with Gasteiger partial charge in [-0.1, -0.05) is 20.8 Å². The number of hydrogen-bond donors (Lipinski definition) is 1. The molecule has 0 aromatic rings. The van der Waals surface area contributed by atoms with Crippen molar-refractivity contribution in [1.82, 2.24) is 10.2 Å². The molecule has 1 rings (SSSR count). The third-order valence-electron chi connectivity index (χ3n) is 3.45. The Labute approximate surface area is 107 Å². The quantitative estimate of drug-likeness (QED) is 0.798. The van der Waals surface area contributed by atoms with Crippen molar-refractivity contribution in [2.45, 2.75) is 33.6 Å². The van der Waals surface area contributed by atoms with Crippen LogP contribution in [0.5, 0.6) is 0 Å². The molecule has 0 atom stereocenters. The highest BCUT2D eigenvalue weighted by Gasteiger charge is 2.33. The molecule has 17 heavy (non-hydrogen) atoms. The second-order valence-corrected chi connectivity index (χ2v) is 6.88. The van der Waals surface area contributed by atoms with E-state index in [1.54, 1.807) is 0 Å². The van der Waals surface area contributed by atoms with Gasteiger partial charge in [-0.25, -0.2) is 0 Å². The van der Waals surface area contributed by atoms with Crippen molar-refractivity contribution in [3.8, 4) is 0 Å². The Morgan fingerprint density at radius 2 is 1.82 bits per heavy atom. The zero-order valence-electron chi connectivity index (χ0n) is 12.3. The second kappa shape index (κ2) is 6.17. The average molecular weight is 242 g/mol. The van der Waals surface area contributed by atoms with E-state index in [4.69, 9.17) is 4.74 Å². The van der Waals surface area contributed by atoms with E-state index >= 15 is 0 Å². The molecule has 0 aromatic heterocycles.